The molecule has 1 rings (SSSR count). The SMILES string of the molecule is CCCCC/C=C\C/C=C\CCCCCCCC(=O)O[C@H](COC(=O)CCC/C=C\C/C=C\C/C=C\CC1OC1CCCCC)COP(=O)(O)OCC[N+](C)(C)C. The Bertz CT molecular complexity index is 1220. The van der Waals surface area contributed by atoms with E-state index >= 15 is 0 Å². The molecular formula is C46H81NO9P+. The summed E-state index contributed by atoms with van der Waals surface area (Å²) in [5.41, 5.74) is 0. The van der Waals surface area contributed by atoms with Crippen molar-refractivity contribution in [2.45, 2.75) is 173 Å². The van der Waals surface area contributed by atoms with Gasteiger partial charge < -0.3 is 23.6 Å². The van der Waals surface area contributed by atoms with Crippen molar-refractivity contribution in [3.63, 3.8) is 0 Å². The molecule has 0 aliphatic carbocycles. The van der Waals surface area contributed by atoms with Crippen molar-refractivity contribution in [2.24, 2.45) is 0 Å². The van der Waals surface area contributed by atoms with Crippen molar-refractivity contribution in [1.29, 1.82) is 0 Å². The number of likely N-dealkylation sites (N-methyl/N-ethyl adjacent to an activating group) is 1. The van der Waals surface area contributed by atoms with Crippen LogP contribution < -0.4 is 0 Å². The Hall–Kier alpha value is -2.33. The Kier molecular flexibility index (Phi) is 31.9. The van der Waals surface area contributed by atoms with Gasteiger partial charge in [-0.2, -0.15) is 0 Å². The maximum atomic E-state index is 12.7. The van der Waals surface area contributed by atoms with E-state index in [-0.39, 0.29) is 26.1 Å². The summed E-state index contributed by atoms with van der Waals surface area (Å²) >= 11 is 0. The fourth-order valence-corrected chi connectivity index (χ4v) is 6.58. The molecule has 0 spiro atoms. The summed E-state index contributed by atoms with van der Waals surface area (Å²) in [5, 5.41) is 0. The van der Waals surface area contributed by atoms with E-state index in [1.807, 2.05) is 21.1 Å². The molecule has 57 heavy (non-hydrogen) atoms. The van der Waals surface area contributed by atoms with Gasteiger partial charge in [-0.25, -0.2) is 4.57 Å². The highest BCUT2D eigenvalue weighted by Gasteiger charge is 2.36. The first-order valence-corrected chi connectivity index (χ1v) is 23.6. The van der Waals surface area contributed by atoms with E-state index in [1.54, 1.807) is 0 Å². The highest BCUT2D eigenvalue weighted by Crippen LogP contribution is 2.43. The van der Waals surface area contributed by atoms with Gasteiger partial charge in [0.05, 0.1) is 40.0 Å². The quantitative estimate of drug-likeness (QED) is 0.0162. The molecular weight excluding hydrogens is 741 g/mol. The van der Waals surface area contributed by atoms with Crippen molar-refractivity contribution < 1.29 is 46.8 Å². The molecule has 1 saturated heterocycles. The van der Waals surface area contributed by atoms with E-state index in [0.717, 1.165) is 64.2 Å². The molecule has 1 N–H and O–H groups in total. The van der Waals surface area contributed by atoms with E-state index in [9.17, 15) is 19.0 Å². The molecule has 0 aromatic carbocycles. The summed E-state index contributed by atoms with van der Waals surface area (Å²) in [4.78, 5) is 35.4. The number of carbonyl (C=O) groups is 2. The monoisotopic (exact) mass is 823 g/mol. The lowest BCUT2D eigenvalue weighted by Crippen LogP contribution is -2.37. The van der Waals surface area contributed by atoms with Gasteiger partial charge in [-0.3, -0.25) is 18.6 Å². The lowest BCUT2D eigenvalue weighted by molar-refractivity contribution is -0.870. The average molecular weight is 823 g/mol. The molecule has 328 valence electrons. The fraction of sp³-hybridized carbons (Fsp3) is 0.739. The summed E-state index contributed by atoms with van der Waals surface area (Å²) in [6.45, 7) is 4.26. The summed E-state index contributed by atoms with van der Waals surface area (Å²) in [5.74, 6) is -0.890. The molecule has 0 aromatic rings. The number of ether oxygens (including phenoxy) is 3. The van der Waals surface area contributed by atoms with Crippen LogP contribution in [0.5, 0.6) is 0 Å². The molecule has 0 saturated carbocycles. The van der Waals surface area contributed by atoms with Crippen molar-refractivity contribution in [3.05, 3.63) is 60.8 Å². The van der Waals surface area contributed by atoms with Crippen LogP contribution in [0.15, 0.2) is 60.8 Å². The average Bonchev–Trinajstić information content (AvgIpc) is 3.91. The number of quaternary nitrogens is 1. The van der Waals surface area contributed by atoms with Gasteiger partial charge in [0, 0.05) is 12.8 Å². The van der Waals surface area contributed by atoms with E-state index in [1.165, 1.54) is 51.4 Å². The van der Waals surface area contributed by atoms with Crippen molar-refractivity contribution in [2.75, 3.05) is 47.5 Å². The maximum absolute atomic E-state index is 12.7. The second kappa shape index (κ2) is 34.5. The molecule has 0 aromatic heterocycles. The Morgan fingerprint density at radius 2 is 1.19 bits per heavy atom. The van der Waals surface area contributed by atoms with E-state index in [0.29, 0.717) is 36.1 Å². The molecule has 1 aliphatic heterocycles. The molecule has 0 bridgehead atoms. The summed E-state index contributed by atoms with van der Waals surface area (Å²) in [6, 6.07) is 0. The number of nitrogens with zero attached hydrogens (tertiary/aromatic N) is 1. The molecule has 1 fully saturated rings. The Morgan fingerprint density at radius 3 is 1.84 bits per heavy atom. The van der Waals surface area contributed by atoms with Crippen LogP contribution >= 0.6 is 7.82 Å². The number of epoxide rings is 1. The minimum atomic E-state index is -4.40. The van der Waals surface area contributed by atoms with Crippen LogP contribution in [0.1, 0.15) is 155 Å². The number of hydrogen-bond donors (Lipinski definition) is 1. The molecule has 11 heteroatoms. The van der Waals surface area contributed by atoms with Gasteiger partial charge in [0.25, 0.3) is 0 Å². The van der Waals surface area contributed by atoms with Gasteiger partial charge in [-0.15, -0.1) is 0 Å². The van der Waals surface area contributed by atoms with Gasteiger partial charge in [0.2, 0.25) is 0 Å². The van der Waals surface area contributed by atoms with E-state index in [4.69, 9.17) is 23.3 Å². The minimum absolute atomic E-state index is 0.0157. The predicted octanol–water partition coefficient (Wildman–Crippen LogP) is 11.5. The Morgan fingerprint density at radius 1 is 0.649 bits per heavy atom. The lowest BCUT2D eigenvalue weighted by Gasteiger charge is -2.24. The number of allylic oxidation sites excluding steroid dienone is 9. The first kappa shape index (κ1) is 52.7. The molecule has 0 radical (unpaired) electrons. The number of unbranched alkanes of at least 4 members (excludes halogenated alkanes) is 11. The third-order valence-corrected chi connectivity index (χ3v) is 10.4. The number of hydrogen-bond acceptors (Lipinski definition) is 8. The zero-order valence-electron chi connectivity index (χ0n) is 36.5. The van der Waals surface area contributed by atoms with Gasteiger partial charge in [0.15, 0.2) is 6.10 Å². The van der Waals surface area contributed by atoms with E-state index in [2.05, 4.69) is 74.6 Å². The normalized spacial score (nSPS) is 17.7. The molecule has 4 atom stereocenters. The van der Waals surface area contributed by atoms with Gasteiger partial charge in [-0.1, -0.05) is 126 Å². The predicted molar refractivity (Wildman–Crippen MR) is 233 cm³/mol. The highest BCUT2D eigenvalue weighted by atomic mass is 31.2. The number of rotatable bonds is 38. The number of carbonyl (C=O) groups excluding carboxylic acids is 2. The third kappa shape index (κ3) is 35.3. The summed E-state index contributed by atoms with van der Waals surface area (Å²) in [7, 11) is 1.42. The van der Waals surface area contributed by atoms with Crippen LogP contribution in [0.3, 0.4) is 0 Å². The molecule has 1 aliphatic rings. The second-order valence-corrected chi connectivity index (χ2v) is 17.6. The summed E-state index contributed by atoms with van der Waals surface area (Å²) in [6.07, 6.45) is 43.0. The van der Waals surface area contributed by atoms with E-state index < -0.39 is 32.5 Å². The number of phosphoric acid groups is 1. The van der Waals surface area contributed by atoms with Crippen LogP contribution in [0.2, 0.25) is 0 Å². The van der Waals surface area contributed by atoms with Gasteiger partial charge >= 0.3 is 19.8 Å². The van der Waals surface area contributed by atoms with Gasteiger partial charge in [0.1, 0.15) is 19.8 Å². The van der Waals surface area contributed by atoms with Crippen LogP contribution in [0.25, 0.3) is 0 Å². The Balaban J connectivity index is 2.33. The number of phosphoric ester groups is 1. The van der Waals surface area contributed by atoms with Crippen LogP contribution in [-0.2, 0) is 37.4 Å². The lowest BCUT2D eigenvalue weighted by atomic mass is 10.1. The second-order valence-electron chi connectivity index (χ2n) is 16.1. The summed E-state index contributed by atoms with van der Waals surface area (Å²) < 4.78 is 40.0. The first-order valence-electron chi connectivity index (χ1n) is 22.1. The standard InChI is InChI=1S/C46H80NO9P/c1-6-8-10-11-12-13-14-15-16-17-18-23-26-29-33-37-46(49)55-42(41-54-57(50,51)53-39-38-47(3,4)5)40-52-45(48)36-32-28-25-22-20-19-21-24-27-31-35-44-43(56-44)34-30-9-7-2/h12-13,15-16,19,21-22,25,27,31,42-44H,6-11,14,17-18,20,23-24,26,28-30,32-41H2,1-5H3/p+1/b13-12-,16-15-,21-19-,25-22-,31-27-/t42-,43?,44?/m1/s1. The Labute approximate surface area is 347 Å². The van der Waals surface area contributed by atoms with Crippen molar-refractivity contribution >= 4 is 19.8 Å². The smallest absolute Gasteiger partial charge is 0.462 e. The van der Waals surface area contributed by atoms with Gasteiger partial charge in [-0.05, 0) is 77.0 Å². The number of esters is 2. The van der Waals surface area contributed by atoms with Crippen molar-refractivity contribution in [3.8, 4) is 0 Å². The molecule has 0 amide bonds. The van der Waals surface area contributed by atoms with Crippen LogP contribution in [-0.4, -0.2) is 87.1 Å². The third-order valence-electron chi connectivity index (χ3n) is 9.44. The van der Waals surface area contributed by atoms with Crippen LogP contribution in [0.4, 0.5) is 0 Å². The zero-order chi connectivity index (χ0) is 41.9. The van der Waals surface area contributed by atoms with Crippen molar-refractivity contribution in [1.82, 2.24) is 0 Å². The largest absolute Gasteiger partial charge is 0.472 e. The zero-order valence-corrected chi connectivity index (χ0v) is 37.4. The topological polar surface area (TPSA) is 121 Å². The molecule has 1 heterocycles. The minimum Gasteiger partial charge on any atom is -0.462 e. The fourth-order valence-electron chi connectivity index (χ4n) is 5.83. The first-order chi connectivity index (χ1) is 27.5. The molecule has 10 nitrogen and oxygen atoms in total. The van der Waals surface area contributed by atoms with Crippen LogP contribution in [0, 0.1) is 0 Å². The molecule has 3 unspecified atom stereocenters. The highest BCUT2D eigenvalue weighted by molar-refractivity contribution is 7.47. The maximum Gasteiger partial charge on any atom is 0.472 e.